The van der Waals surface area contributed by atoms with E-state index in [0.29, 0.717) is 0 Å². The van der Waals surface area contributed by atoms with E-state index >= 15 is 0 Å². The molecule has 0 atom stereocenters. The van der Waals surface area contributed by atoms with Gasteiger partial charge in [-0.15, -0.1) is 0 Å². The van der Waals surface area contributed by atoms with Gasteiger partial charge in [-0.05, 0) is 18.6 Å². The molecule has 7 heteroatoms. The third-order valence-electron chi connectivity index (χ3n) is 2.11. The van der Waals surface area contributed by atoms with Crippen molar-refractivity contribution in [2.24, 2.45) is 0 Å². The standard InChI is InChI=1S/C10H10N2O4S/c11-7-1-2-8-17(15,16)10-5-3-9(4-6-10)12(13)14/h3-6H,1-2,8H2. The molecule has 0 bridgehead atoms. The normalized spacial score (nSPS) is 10.8. The third-order valence-corrected chi connectivity index (χ3v) is 3.92. The molecule has 0 aromatic heterocycles. The van der Waals surface area contributed by atoms with Crippen LogP contribution < -0.4 is 0 Å². The summed E-state index contributed by atoms with van der Waals surface area (Å²) < 4.78 is 23.4. The lowest BCUT2D eigenvalue weighted by Crippen LogP contribution is -2.06. The van der Waals surface area contributed by atoms with Gasteiger partial charge in [-0.2, -0.15) is 5.26 Å². The number of nitrogens with zero attached hydrogens (tertiary/aromatic N) is 2. The molecule has 0 N–H and O–H groups in total. The zero-order valence-electron chi connectivity index (χ0n) is 8.87. The summed E-state index contributed by atoms with van der Waals surface area (Å²) in [5.74, 6) is -0.127. The largest absolute Gasteiger partial charge is 0.269 e. The second kappa shape index (κ2) is 5.41. The van der Waals surface area contributed by atoms with Gasteiger partial charge in [0, 0.05) is 18.6 Å². The predicted octanol–water partition coefficient (Wildman–Crippen LogP) is 1.67. The summed E-state index contributed by atoms with van der Waals surface area (Å²) in [6, 6.07) is 6.58. The van der Waals surface area contributed by atoms with Crippen LogP contribution in [0.15, 0.2) is 29.2 Å². The highest BCUT2D eigenvalue weighted by Crippen LogP contribution is 2.17. The van der Waals surface area contributed by atoms with Crippen molar-refractivity contribution in [3.05, 3.63) is 34.4 Å². The Bertz CT molecular complexity index is 543. The fraction of sp³-hybridized carbons (Fsp3) is 0.300. The second-order valence-electron chi connectivity index (χ2n) is 3.33. The highest BCUT2D eigenvalue weighted by atomic mass is 32.2. The molecular formula is C10H10N2O4S. The first kappa shape index (κ1) is 13.1. The van der Waals surface area contributed by atoms with Crippen molar-refractivity contribution >= 4 is 15.5 Å². The van der Waals surface area contributed by atoms with E-state index < -0.39 is 14.8 Å². The van der Waals surface area contributed by atoms with Crippen molar-refractivity contribution in [3.8, 4) is 6.07 Å². The number of hydrogen-bond acceptors (Lipinski definition) is 5. The lowest BCUT2D eigenvalue weighted by Gasteiger charge is -2.02. The molecule has 0 unspecified atom stereocenters. The first-order valence-electron chi connectivity index (χ1n) is 4.81. The molecule has 0 amide bonds. The molecule has 1 aromatic carbocycles. The van der Waals surface area contributed by atoms with Crippen LogP contribution in [0.1, 0.15) is 12.8 Å². The topological polar surface area (TPSA) is 101 Å². The van der Waals surface area contributed by atoms with Crippen molar-refractivity contribution in [2.45, 2.75) is 17.7 Å². The number of unbranched alkanes of at least 4 members (excludes halogenated alkanes) is 1. The summed E-state index contributed by atoms with van der Waals surface area (Å²) in [7, 11) is -3.45. The van der Waals surface area contributed by atoms with Crippen molar-refractivity contribution in [3.63, 3.8) is 0 Å². The fourth-order valence-electron chi connectivity index (χ4n) is 1.23. The minimum absolute atomic E-state index is 0.0426. The Balaban J connectivity index is 2.86. The van der Waals surface area contributed by atoms with Gasteiger partial charge in [-0.3, -0.25) is 10.1 Å². The summed E-state index contributed by atoms with van der Waals surface area (Å²) in [6.45, 7) is 0. The van der Waals surface area contributed by atoms with Gasteiger partial charge in [0.1, 0.15) is 0 Å². The lowest BCUT2D eigenvalue weighted by molar-refractivity contribution is -0.384. The van der Waals surface area contributed by atoms with E-state index in [1.54, 1.807) is 0 Å². The Morgan fingerprint density at radius 1 is 1.29 bits per heavy atom. The molecular weight excluding hydrogens is 244 g/mol. The summed E-state index contributed by atoms with van der Waals surface area (Å²) in [5, 5.41) is 18.7. The van der Waals surface area contributed by atoms with Gasteiger partial charge < -0.3 is 0 Å². The van der Waals surface area contributed by atoms with E-state index in [1.807, 2.05) is 6.07 Å². The molecule has 90 valence electrons. The molecule has 6 nitrogen and oxygen atoms in total. The maximum Gasteiger partial charge on any atom is 0.269 e. The van der Waals surface area contributed by atoms with Crippen LogP contribution in [0.5, 0.6) is 0 Å². The average Bonchev–Trinajstić information content (AvgIpc) is 2.29. The van der Waals surface area contributed by atoms with Gasteiger partial charge >= 0.3 is 0 Å². The number of nitro benzene ring substituents is 1. The number of nitriles is 1. The van der Waals surface area contributed by atoms with Crippen LogP contribution in [0, 0.1) is 21.4 Å². The molecule has 0 heterocycles. The smallest absolute Gasteiger partial charge is 0.258 e. The maximum atomic E-state index is 11.7. The van der Waals surface area contributed by atoms with Crippen molar-refractivity contribution < 1.29 is 13.3 Å². The van der Waals surface area contributed by atoms with Gasteiger partial charge in [0.25, 0.3) is 5.69 Å². The zero-order chi connectivity index (χ0) is 12.9. The van der Waals surface area contributed by atoms with Crippen LogP contribution in [0.25, 0.3) is 0 Å². The second-order valence-corrected chi connectivity index (χ2v) is 5.44. The van der Waals surface area contributed by atoms with Gasteiger partial charge in [-0.1, -0.05) is 0 Å². The Morgan fingerprint density at radius 3 is 2.35 bits per heavy atom. The highest BCUT2D eigenvalue weighted by molar-refractivity contribution is 7.91. The molecule has 0 saturated heterocycles. The molecule has 0 aliphatic rings. The molecule has 0 aliphatic heterocycles. The molecule has 0 radical (unpaired) electrons. The molecule has 0 spiro atoms. The van der Waals surface area contributed by atoms with E-state index in [2.05, 4.69) is 0 Å². The Labute approximate surface area is 98.6 Å². The number of hydrogen-bond donors (Lipinski definition) is 0. The molecule has 0 saturated carbocycles. The van der Waals surface area contributed by atoms with Gasteiger partial charge in [-0.25, -0.2) is 8.42 Å². The third kappa shape index (κ3) is 3.53. The van der Waals surface area contributed by atoms with Crippen LogP contribution in [-0.2, 0) is 9.84 Å². The summed E-state index contributed by atoms with van der Waals surface area (Å²) in [5.41, 5.74) is -0.152. The van der Waals surface area contributed by atoms with Gasteiger partial charge in [0.05, 0.1) is 21.6 Å². The molecule has 0 aliphatic carbocycles. The minimum atomic E-state index is -3.45. The van der Waals surface area contributed by atoms with E-state index in [0.717, 1.165) is 12.1 Å². The van der Waals surface area contributed by atoms with E-state index in [-0.39, 0.29) is 29.2 Å². The average molecular weight is 254 g/mol. The van der Waals surface area contributed by atoms with Crippen LogP contribution >= 0.6 is 0 Å². The Hall–Kier alpha value is -1.94. The number of benzene rings is 1. The van der Waals surface area contributed by atoms with Crippen molar-refractivity contribution in [1.29, 1.82) is 5.26 Å². The van der Waals surface area contributed by atoms with Crippen molar-refractivity contribution in [1.82, 2.24) is 0 Å². The minimum Gasteiger partial charge on any atom is -0.258 e. The first-order valence-corrected chi connectivity index (χ1v) is 6.47. The summed E-state index contributed by atoms with van der Waals surface area (Å²) in [6.07, 6.45) is 0.433. The van der Waals surface area contributed by atoms with E-state index in [4.69, 9.17) is 5.26 Å². The number of nitro groups is 1. The highest BCUT2D eigenvalue weighted by Gasteiger charge is 2.15. The van der Waals surface area contributed by atoms with Crippen molar-refractivity contribution in [2.75, 3.05) is 5.75 Å². The SMILES string of the molecule is N#CCCCS(=O)(=O)c1ccc([N+](=O)[O-])cc1. The molecule has 17 heavy (non-hydrogen) atoms. The number of rotatable bonds is 5. The Morgan fingerprint density at radius 2 is 1.88 bits per heavy atom. The fourth-order valence-corrected chi connectivity index (χ4v) is 2.55. The maximum absolute atomic E-state index is 11.7. The number of sulfone groups is 1. The van der Waals surface area contributed by atoms with Crippen LogP contribution in [-0.4, -0.2) is 19.1 Å². The molecule has 0 fully saturated rings. The van der Waals surface area contributed by atoms with E-state index in [9.17, 15) is 18.5 Å². The molecule has 1 rings (SSSR count). The summed E-state index contributed by atoms with van der Waals surface area (Å²) >= 11 is 0. The van der Waals surface area contributed by atoms with Crippen LogP contribution in [0.2, 0.25) is 0 Å². The summed E-state index contributed by atoms with van der Waals surface area (Å²) in [4.78, 5) is 9.84. The predicted molar refractivity (Wildman–Crippen MR) is 60.0 cm³/mol. The van der Waals surface area contributed by atoms with Gasteiger partial charge in [0.15, 0.2) is 9.84 Å². The lowest BCUT2D eigenvalue weighted by atomic mass is 10.3. The van der Waals surface area contributed by atoms with E-state index in [1.165, 1.54) is 12.1 Å². The Kier molecular flexibility index (Phi) is 4.17. The van der Waals surface area contributed by atoms with Gasteiger partial charge in [0.2, 0.25) is 0 Å². The van der Waals surface area contributed by atoms with Crippen LogP contribution in [0.3, 0.4) is 0 Å². The number of non-ortho nitro benzene ring substituents is 1. The first-order chi connectivity index (χ1) is 7.97. The molecule has 1 aromatic rings. The van der Waals surface area contributed by atoms with Crippen LogP contribution in [0.4, 0.5) is 5.69 Å². The zero-order valence-corrected chi connectivity index (χ0v) is 9.68. The quantitative estimate of drug-likeness (QED) is 0.452. The monoisotopic (exact) mass is 254 g/mol.